The van der Waals surface area contributed by atoms with Crippen molar-refractivity contribution in [2.75, 3.05) is 11.9 Å². The van der Waals surface area contributed by atoms with Gasteiger partial charge in [-0.15, -0.1) is 0 Å². The van der Waals surface area contributed by atoms with Gasteiger partial charge in [0.1, 0.15) is 11.5 Å². The Morgan fingerprint density at radius 2 is 2.28 bits per heavy atom. The summed E-state index contributed by atoms with van der Waals surface area (Å²) in [6.45, 7) is 3.65. The van der Waals surface area contributed by atoms with Crippen molar-refractivity contribution in [1.82, 2.24) is 14.5 Å². The fourth-order valence-corrected chi connectivity index (χ4v) is 1.65. The molecular formula is C13H14N4O. The van der Waals surface area contributed by atoms with E-state index in [4.69, 9.17) is 0 Å². The number of carbonyl (C=O) groups excluding carboxylic acids is 1. The fourth-order valence-electron chi connectivity index (χ4n) is 1.65. The van der Waals surface area contributed by atoms with Crippen molar-refractivity contribution < 1.29 is 4.79 Å². The zero-order chi connectivity index (χ0) is 13.1. The zero-order valence-corrected chi connectivity index (χ0v) is 10.4. The monoisotopic (exact) mass is 242 g/mol. The molecule has 0 atom stereocenters. The molecule has 2 rings (SSSR count). The third kappa shape index (κ3) is 2.02. The van der Waals surface area contributed by atoms with E-state index in [0.29, 0.717) is 11.5 Å². The second kappa shape index (κ2) is 4.83. The summed E-state index contributed by atoms with van der Waals surface area (Å²) in [6.07, 6.45) is 6.47. The molecule has 0 spiro atoms. The number of pyridine rings is 1. The number of amides is 1. The van der Waals surface area contributed by atoms with Gasteiger partial charge in [-0.05, 0) is 18.2 Å². The second-order valence-electron chi connectivity index (χ2n) is 3.84. The minimum absolute atomic E-state index is 0.133. The first-order chi connectivity index (χ1) is 8.65. The summed E-state index contributed by atoms with van der Waals surface area (Å²) in [4.78, 5) is 21.9. The average molecular weight is 242 g/mol. The number of hydrogen-bond donors (Lipinski definition) is 0. The van der Waals surface area contributed by atoms with Crippen LogP contribution in [0.5, 0.6) is 0 Å². The molecule has 2 aromatic rings. The maximum Gasteiger partial charge on any atom is 0.276 e. The van der Waals surface area contributed by atoms with Crippen molar-refractivity contribution in [3.63, 3.8) is 0 Å². The van der Waals surface area contributed by atoms with E-state index >= 15 is 0 Å². The minimum Gasteiger partial charge on any atom is -0.324 e. The highest BCUT2D eigenvalue weighted by Crippen LogP contribution is 2.14. The van der Waals surface area contributed by atoms with Crippen LogP contribution in [0.2, 0.25) is 0 Å². The maximum atomic E-state index is 12.3. The standard InChI is InChI=1S/C13H14N4O/c1-4-12-15-9-11(17(12)3)13(18)16(2)10-6-5-7-14-8-10/h4-9H,1H2,2-3H3. The molecule has 0 aliphatic carbocycles. The number of rotatable bonds is 3. The fraction of sp³-hybridized carbons (Fsp3) is 0.154. The summed E-state index contributed by atoms with van der Waals surface area (Å²) < 4.78 is 1.71. The van der Waals surface area contributed by atoms with Crippen molar-refractivity contribution >= 4 is 17.7 Å². The zero-order valence-electron chi connectivity index (χ0n) is 10.4. The van der Waals surface area contributed by atoms with Crippen LogP contribution in [0.4, 0.5) is 5.69 Å². The Hall–Kier alpha value is -2.43. The molecule has 0 unspecified atom stereocenters. The van der Waals surface area contributed by atoms with Crippen LogP contribution >= 0.6 is 0 Å². The van der Waals surface area contributed by atoms with Crippen LogP contribution in [0.1, 0.15) is 16.3 Å². The van der Waals surface area contributed by atoms with Crippen LogP contribution in [-0.2, 0) is 7.05 Å². The van der Waals surface area contributed by atoms with Crippen molar-refractivity contribution in [3.05, 3.63) is 48.8 Å². The van der Waals surface area contributed by atoms with Gasteiger partial charge in [0.2, 0.25) is 0 Å². The lowest BCUT2D eigenvalue weighted by Gasteiger charge is -2.16. The molecule has 0 aliphatic rings. The summed E-state index contributed by atoms with van der Waals surface area (Å²) in [5.41, 5.74) is 1.25. The lowest BCUT2D eigenvalue weighted by Crippen LogP contribution is -2.28. The van der Waals surface area contributed by atoms with Crippen LogP contribution < -0.4 is 4.90 Å². The van der Waals surface area contributed by atoms with Crippen molar-refractivity contribution in [2.45, 2.75) is 0 Å². The van der Waals surface area contributed by atoms with Gasteiger partial charge in [0.25, 0.3) is 5.91 Å². The van der Waals surface area contributed by atoms with E-state index in [1.165, 1.54) is 4.90 Å². The van der Waals surface area contributed by atoms with E-state index in [1.807, 2.05) is 6.07 Å². The van der Waals surface area contributed by atoms with Crippen LogP contribution in [0, 0.1) is 0 Å². The van der Waals surface area contributed by atoms with Gasteiger partial charge in [0.05, 0.1) is 18.1 Å². The summed E-state index contributed by atoms with van der Waals surface area (Å²) in [5, 5.41) is 0. The van der Waals surface area contributed by atoms with Gasteiger partial charge < -0.3 is 9.47 Å². The molecule has 18 heavy (non-hydrogen) atoms. The third-order valence-electron chi connectivity index (χ3n) is 2.76. The number of imidazole rings is 1. The van der Waals surface area contributed by atoms with Crippen LogP contribution in [0.3, 0.4) is 0 Å². The van der Waals surface area contributed by atoms with Gasteiger partial charge in [-0.3, -0.25) is 9.78 Å². The Morgan fingerprint density at radius 3 is 2.83 bits per heavy atom. The highest BCUT2D eigenvalue weighted by atomic mass is 16.2. The first-order valence-electron chi connectivity index (χ1n) is 5.47. The predicted octanol–water partition coefficient (Wildman–Crippen LogP) is 1.73. The number of aromatic nitrogens is 3. The van der Waals surface area contributed by atoms with Gasteiger partial charge >= 0.3 is 0 Å². The largest absolute Gasteiger partial charge is 0.324 e. The van der Waals surface area contributed by atoms with E-state index in [2.05, 4.69) is 16.5 Å². The quantitative estimate of drug-likeness (QED) is 0.823. The van der Waals surface area contributed by atoms with Crippen LogP contribution in [0.15, 0.2) is 37.3 Å². The number of carbonyl (C=O) groups is 1. The highest BCUT2D eigenvalue weighted by Gasteiger charge is 2.18. The number of hydrogen-bond acceptors (Lipinski definition) is 3. The molecule has 2 heterocycles. The number of anilines is 1. The van der Waals surface area contributed by atoms with Crippen molar-refractivity contribution in [1.29, 1.82) is 0 Å². The molecule has 0 fully saturated rings. The van der Waals surface area contributed by atoms with Gasteiger partial charge in [-0.1, -0.05) is 6.58 Å². The topological polar surface area (TPSA) is 51.0 Å². The molecular weight excluding hydrogens is 228 g/mol. The van der Waals surface area contributed by atoms with Crippen molar-refractivity contribution in [2.24, 2.45) is 7.05 Å². The molecule has 1 amide bonds. The first kappa shape index (κ1) is 12.0. The van der Waals surface area contributed by atoms with Gasteiger partial charge in [0, 0.05) is 20.3 Å². The minimum atomic E-state index is -0.133. The maximum absolute atomic E-state index is 12.3. The molecule has 0 saturated carbocycles. The molecule has 5 heteroatoms. The van der Waals surface area contributed by atoms with Gasteiger partial charge in [-0.25, -0.2) is 4.98 Å². The average Bonchev–Trinajstić information content (AvgIpc) is 2.79. The molecule has 5 nitrogen and oxygen atoms in total. The summed E-state index contributed by atoms with van der Waals surface area (Å²) >= 11 is 0. The molecule has 2 aromatic heterocycles. The summed E-state index contributed by atoms with van der Waals surface area (Å²) in [6, 6.07) is 3.62. The molecule has 92 valence electrons. The summed E-state index contributed by atoms with van der Waals surface area (Å²) in [5.74, 6) is 0.532. The van der Waals surface area contributed by atoms with E-state index in [1.54, 1.807) is 49.4 Å². The Morgan fingerprint density at radius 1 is 1.50 bits per heavy atom. The van der Waals surface area contributed by atoms with E-state index in [-0.39, 0.29) is 5.91 Å². The molecule has 0 aliphatic heterocycles. The van der Waals surface area contributed by atoms with E-state index < -0.39 is 0 Å². The van der Waals surface area contributed by atoms with Crippen LogP contribution in [0.25, 0.3) is 6.08 Å². The highest BCUT2D eigenvalue weighted by molar-refractivity contribution is 6.04. The van der Waals surface area contributed by atoms with Gasteiger partial charge in [0.15, 0.2) is 0 Å². The second-order valence-corrected chi connectivity index (χ2v) is 3.84. The predicted molar refractivity (Wildman–Crippen MR) is 70.3 cm³/mol. The normalized spacial score (nSPS) is 10.1. The molecule has 0 radical (unpaired) electrons. The van der Waals surface area contributed by atoms with Crippen LogP contribution in [-0.4, -0.2) is 27.5 Å². The SMILES string of the molecule is C=Cc1ncc(C(=O)N(C)c2cccnc2)n1C. The molecule has 0 aromatic carbocycles. The Balaban J connectivity index is 2.31. The van der Waals surface area contributed by atoms with Crippen molar-refractivity contribution in [3.8, 4) is 0 Å². The third-order valence-corrected chi connectivity index (χ3v) is 2.76. The Labute approximate surface area is 105 Å². The van der Waals surface area contributed by atoms with E-state index in [9.17, 15) is 4.79 Å². The Kier molecular flexibility index (Phi) is 3.23. The smallest absolute Gasteiger partial charge is 0.276 e. The molecule has 0 N–H and O–H groups in total. The van der Waals surface area contributed by atoms with E-state index in [0.717, 1.165) is 5.69 Å². The van der Waals surface area contributed by atoms with Gasteiger partial charge in [-0.2, -0.15) is 0 Å². The molecule has 0 bridgehead atoms. The number of nitrogens with zero attached hydrogens (tertiary/aromatic N) is 4. The Bertz CT molecular complexity index is 574. The summed E-state index contributed by atoms with van der Waals surface area (Å²) in [7, 11) is 3.49. The molecule has 0 saturated heterocycles. The lowest BCUT2D eigenvalue weighted by atomic mass is 10.3. The lowest BCUT2D eigenvalue weighted by molar-refractivity contribution is 0.0985. The first-order valence-corrected chi connectivity index (χ1v) is 5.47.